The predicted molar refractivity (Wildman–Crippen MR) is 71.3 cm³/mol. The number of hydrogen-bond donors (Lipinski definition) is 1. The molecule has 0 aliphatic carbocycles. The Balaban J connectivity index is 2.23. The second kappa shape index (κ2) is 5.58. The number of nitrogens with zero attached hydrogens (tertiary/aromatic N) is 3. The quantitative estimate of drug-likeness (QED) is 0.841. The first-order valence-corrected chi connectivity index (χ1v) is 6.82. The molecule has 0 radical (unpaired) electrons. The molecule has 0 aliphatic heterocycles. The lowest BCUT2D eigenvalue weighted by atomic mass is 10.1. The lowest BCUT2D eigenvalue weighted by Gasteiger charge is -2.19. The monoisotopic (exact) mass is 266 g/mol. The molecule has 18 heavy (non-hydrogen) atoms. The number of nitrogens with two attached hydrogens (primary N) is 1. The number of furan rings is 1. The smallest absolute Gasteiger partial charge is 0.186 e. The van der Waals surface area contributed by atoms with Gasteiger partial charge in [-0.15, -0.1) is 0 Å². The fraction of sp³-hybridized carbons (Fsp3) is 0.500. The summed E-state index contributed by atoms with van der Waals surface area (Å²) in [5.74, 6) is 1.80. The van der Waals surface area contributed by atoms with Crippen LogP contribution in [0.25, 0.3) is 0 Å². The minimum absolute atomic E-state index is 0.0252. The molecule has 2 N–H and O–H groups in total. The van der Waals surface area contributed by atoms with Gasteiger partial charge in [0.15, 0.2) is 5.16 Å². The molecule has 0 aromatic carbocycles. The van der Waals surface area contributed by atoms with E-state index < -0.39 is 0 Å². The zero-order chi connectivity index (χ0) is 13.1. The van der Waals surface area contributed by atoms with Crippen molar-refractivity contribution in [1.29, 1.82) is 0 Å². The fourth-order valence-electron chi connectivity index (χ4n) is 1.68. The van der Waals surface area contributed by atoms with Gasteiger partial charge < -0.3 is 10.2 Å². The fourth-order valence-corrected chi connectivity index (χ4v) is 2.83. The first-order chi connectivity index (χ1) is 8.61. The zero-order valence-corrected chi connectivity index (χ0v) is 11.6. The molecule has 5 nitrogen and oxygen atoms in total. The van der Waals surface area contributed by atoms with Gasteiger partial charge in [-0.05, 0) is 25.5 Å². The topological polar surface area (TPSA) is 69.9 Å². The summed E-state index contributed by atoms with van der Waals surface area (Å²) in [6.07, 6.45) is 2.43. The van der Waals surface area contributed by atoms with Crippen molar-refractivity contribution in [2.75, 3.05) is 0 Å². The van der Waals surface area contributed by atoms with E-state index in [0.29, 0.717) is 0 Å². The van der Waals surface area contributed by atoms with E-state index in [0.717, 1.165) is 23.1 Å². The molecular weight excluding hydrogens is 248 g/mol. The zero-order valence-electron chi connectivity index (χ0n) is 10.8. The maximum absolute atomic E-state index is 6.19. The summed E-state index contributed by atoms with van der Waals surface area (Å²) in [6.45, 7) is 4.01. The van der Waals surface area contributed by atoms with Crippen LogP contribution < -0.4 is 5.73 Å². The van der Waals surface area contributed by atoms with Crippen molar-refractivity contribution in [3.8, 4) is 0 Å². The van der Waals surface area contributed by atoms with Crippen molar-refractivity contribution in [2.24, 2.45) is 12.8 Å². The van der Waals surface area contributed by atoms with Crippen LogP contribution in [0.3, 0.4) is 0 Å². The minimum atomic E-state index is 0.0252. The lowest BCUT2D eigenvalue weighted by molar-refractivity contribution is 0.454. The summed E-state index contributed by atoms with van der Waals surface area (Å²) in [6, 6.07) is 3.97. The van der Waals surface area contributed by atoms with Crippen LogP contribution in [0, 0.1) is 6.92 Å². The van der Waals surface area contributed by atoms with Crippen LogP contribution in [0.1, 0.15) is 30.1 Å². The molecule has 2 aromatic rings. The first kappa shape index (κ1) is 13.2. The van der Waals surface area contributed by atoms with E-state index in [2.05, 4.69) is 17.0 Å². The molecule has 0 fully saturated rings. The second-order valence-corrected chi connectivity index (χ2v) is 5.33. The first-order valence-electron chi connectivity index (χ1n) is 5.94. The van der Waals surface area contributed by atoms with Gasteiger partial charge in [-0.1, -0.05) is 18.7 Å². The summed E-state index contributed by atoms with van der Waals surface area (Å²) in [5, 5.41) is 4.97. The summed E-state index contributed by atoms with van der Waals surface area (Å²) >= 11 is 1.59. The van der Waals surface area contributed by atoms with Crippen LogP contribution in [0.2, 0.25) is 0 Å². The minimum Gasteiger partial charge on any atom is -0.465 e. The third kappa shape index (κ3) is 2.76. The van der Waals surface area contributed by atoms with E-state index in [1.807, 2.05) is 26.1 Å². The summed E-state index contributed by atoms with van der Waals surface area (Å²) in [4.78, 5) is 4.22. The highest BCUT2D eigenvalue weighted by atomic mass is 32.2. The van der Waals surface area contributed by atoms with Crippen LogP contribution >= 0.6 is 11.8 Å². The molecule has 2 unspecified atom stereocenters. The van der Waals surface area contributed by atoms with Crippen molar-refractivity contribution >= 4 is 11.8 Å². The Morgan fingerprint density at radius 1 is 1.50 bits per heavy atom. The molecule has 2 rings (SSSR count). The average Bonchev–Trinajstić information content (AvgIpc) is 2.94. The second-order valence-electron chi connectivity index (χ2n) is 4.23. The summed E-state index contributed by atoms with van der Waals surface area (Å²) in [5.41, 5.74) is 6.19. The Hall–Kier alpha value is -1.27. The Bertz CT molecular complexity index is 508. The summed E-state index contributed by atoms with van der Waals surface area (Å²) in [7, 11) is 1.87. The standard InChI is InChI=1S/C12H18N4OS/c1-4-9(13)11(10-6-5-8(2)17-10)18-12-14-7-15-16(12)3/h5-7,9,11H,4,13H2,1-3H3. The normalized spacial score (nSPS) is 14.7. The third-order valence-electron chi connectivity index (χ3n) is 2.80. The molecule has 0 saturated carbocycles. The Morgan fingerprint density at radius 2 is 2.28 bits per heavy atom. The number of aromatic nitrogens is 3. The Kier molecular flexibility index (Phi) is 4.08. The molecule has 0 aliphatic rings. The Morgan fingerprint density at radius 3 is 2.78 bits per heavy atom. The van der Waals surface area contributed by atoms with Crippen molar-refractivity contribution < 1.29 is 4.42 Å². The van der Waals surface area contributed by atoms with E-state index in [9.17, 15) is 0 Å². The van der Waals surface area contributed by atoms with Crippen LogP contribution in [0.4, 0.5) is 0 Å². The van der Waals surface area contributed by atoms with Crippen molar-refractivity contribution in [3.05, 3.63) is 30.0 Å². The van der Waals surface area contributed by atoms with E-state index in [1.165, 1.54) is 0 Å². The molecule has 2 aromatic heterocycles. The van der Waals surface area contributed by atoms with Crippen LogP contribution in [0.5, 0.6) is 0 Å². The van der Waals surface area contributed by atoms with Gasteiger partial charge in [0, 0.05) is 13.1 Å². The largest absolute Gasteiger partial charge is 0.465 e. The van der Waals surface area contributed by atoms with Gasteiger partial charge in [-0.25, -0.2) is 9.67 Å². The van der Waals surface area contributed by atoms with E-state index >= 15 is 0 Å². The van der Waals surface area contributed by atoms with Gasteiger partial charge >= 0.3 is 0 Å². The molecule has 0 saturated heterocycles. The molecule has 2 heterocycles. The van der Waals surface area contributed by atoms with Gasteiger partial charge in [0.2, 0.25) is 0 Å². The highest BCUT2D eigenvalue weighted by molar-refractivity contribution is 7.99. The van der Waals surface area contributed by atoms with E-state index in [-0.39, 0.29) is 11.3 Å². The SMILES string of the molecule is CCC(N)C(Sc1ncnn1C)c1ccc(C)o1. The van der Waals surface area contributed by atoms with Gasteiger partial charge in [-0.3, -0.25) is 0 Å². The van der Waals surface area contributed by atoms with E-state index in [1.54, 1.807) is 22.8 Å². The van der Waals surface area contributed by atoms with Crippen molar-refractivity contribution in [1.82, 2.24) is 14.8 Å². The maximum Gasteiger partial charge on any atom is 0.186 e. The van der Waals surface area contributed by atoms with E-state index in [4.69, 9.17) is 10.2 Å². The molecule has 0 amide bonds. The highest BCUT2D eigenvalue weighted by Gasteiger charge is 2.24. The average molecular weight is 266 g/mol. The molecular formula is C12H18N4OS. The number of aryl methyl sites for hydroxylation is 2. The van der Waals surface area contributed by atoms with Gasteiger partial charge in [0.1, 0.15) is 17.8 Å². The van der Waals surface area contributed by atoms with Crippen LogP contribution in [0.15, 0.2) is 28.0 Å². The number of rotatable bonds is 5. The molecule has 0 spiro atoms. The van der Waals surface area contributed by atoms with Gasteiger partial charge in [0.05, 0.1) is 5.25 Å². The maximum atomic E-state index is 6.19. The number of thioether (sulfide) groups is 1. The van der Waals surface area contributed by atoms with Gasteiger partial charge in [-0.2, -0.15) is 5.10 Å². The molecule has 2 atom stereocenters. The van der Waals surface area contributed by atoms with Gasteiger partial charge in [0.25, 0.3) is 0 Å². The van der Waals surface area contributed by atoms with Crippen LogP contribution in [-0.2, 0) is 7.05 Å². The number of hydrogen-bond acceptors (Lipinski definition) is 5. The Labute approximate surface area is 111 Å². The summed E-state index contributed by atoms with van der Waals surface area (Å²) < 4.78 is 7.44. The van der Waals surface area contributed by atoms with Crippen LogP contribution in [-0.4, -0.2) is 20.8 Å². The molecule has 6 heteroatoms. The third-order valence-corrected chi connectivity index (χ3v) is 4.22. The molecule has 98 valence electrons. The predicted octanol–water partition coefficient (Wildman–Crippen LogP) is 2.29. The van der Waals surface area contributed by atoms with Crippen molar-refractivity contribution in [2.45, 2.75) is 36.7 Å². The highest BCUT2D eigenvalue weighted by Crippen LogP contribution is 2.37. The molecule has 0 bridgehead atoms. The van der Waals surface area contributed by atoms with Crippen molar-refractivity contribution in [3.63, 3.8) is 0 Å². The lowest BCUT2D eigenvalue weighted by Crippen LogP contribution is -2.25.